The van der Waals surface area contributed by atoms with Gasteiger partial charge in [-0.3, -0.25) is 9.48 Å². The molecular formula is C17H27N3O3. The Morgan fingerprint density at radius 3 is 2.43 bits per heavy atom. The van der Waals surface area contributed by atoms with Crippen molar-refractivity contribution in [2.24, 2.45) is 0 Å². The topological polar surface area (TPSA) is 64.4 Å². The fourth-order valence-electron chi connectivity index (χ4n) is 2.39. The predicted octanol–water partition coefficient (Wildman–Crippen LogP) is 3.64. The molecule has 1 aliphatic heterocycles. The van der Waals surface area contributed by atoms with Crippen LogP contribution in [0.3, 0.4) is 0 Å². The first-order valence-corrected chi connectivity index (χ1v) is 7.92. The second-order valence-corrected chi connectivity index (χ2v) is 6.25. The normalized spacial score (nSPS) is 17.1. The van der Waals surface area contributed by atoms with Crippen molar-refractivity contribution in [3.63, 3.8) is 0 Å². The third kappa shape index (κ3) is 3.81. The highest BCUT2D eigenvalue weighted by molar-refractivity contribution is 6.04. The van der Waals surface area contributed by atoms with Crippen LogP contribution >= 0.6 is 0 Å². The molecule has 128 valence electrons. The molecule has 0 aliphatic carbocycles. The number of ether oxygens (including phenoxy) is 1. The minimum absolute atomic E-state index is 0.309. The summed E-state index contributed by atoms with van der Waals surface area (Å²) in [5.74, 6) is -0.374. The fraction of sp³-hybridized carbons (Fsp3) is 0.588. The van der Waals surface area contributed by atoms with Crippen LogP contribution < -0.4 is 0 Å². The molecule has 1 aromatic rings. The summed E-state index contributed by atoms with van der Waals surface area (Å²) in [7, 11) is 0. The number of aromatic nitrogens is 2. The van der Waals surface area contributed by atoms with Crippen LogP contribution in [-0.2, 0) is 11.3 Å². The number of carbonyl (C=O) groups is 2. The van der Waals surface area contributed by atoms with Crippen molar-refractivity contribution in [3.8, 4) is 0 Å². The summed E-state index contributed by atoms with van der Waals surface area (Å²) in [6, 6.07) is -0.309. The molecule has 0 saturated carbocycles. The Morgan fingerprint density at radius 1 is 1.39 bits per heavy atom. The molecule has 6 heteroatoms. The first-order chi connectivity index (χ1) is 10.7. The maximum absolute atomic E-state index is 12.6. The Hall–Kier alpha value is -2.11. The van der Waals surface area contributed by atoms with Crippen molar-refractivity contribution in [2.75, 3.05) is 0 Å². The van der Waals surface area contributed by atoms with E-state index in [0.717, 1.165) is 5.56 Å². The molecule has 0 saturated heterocycles. The van der Waals surface area contributed by atoms with Gasteiger partial charge in [-0.2, -0.15) is 5.10 Å². The second kappa shape index (κ2) is 6.98. The molecule has 0 aromatic carbocycles. The Kier molecular flexibility index (Phi) is 5.75. The largest absolute Gasteiger partial charge is 0.443 e. The van der Waals surface area contributed by atoms with E-state index in [1.54, 1.807) is 45.4 Å². The molecule has 0 spiro atoms. The van der Waals surface area contributed by atoms with E-state index >= 15 is 0 Å². The molecule has 1 atom stereocenters. The van der Waals surface area contributed by atoms with Gasteiger partial charge in [-0.1, -0.05) is 20.4 Å². The minimum atomic E-state index is -0.643. The van der Waals surface area contributed by atoms with Crippen molar-refractivity contribution in [3.05, 3.63) is 23.5 Å². The van der Waals surface area contributed by atoms with E-state index in [9.17, 15) is 9.59 Å². The number of amides is 2. The molecule has 2 heterocycles. The second-order valence-electron chi connectivity index (χ2n) is 6.25. The van der Waals surface area contributed by atoms with Gasteiger partial charge in [-0.25, -0.2) is 9.69 Å². The standard InChI is InChI=1S/C15H21N3O3.C2H6/c1-7-11-10(3)12-13(19)18(9(2)8-17(12)16-11)14(20)21-15(4,5)6;1-2/h7,9H,1,8H2,2-6H3;1-2H3. The quantitative estimate of drug-likeness (QED) is 0.792. The number of carbonyl (C=O) groups excluding carboxylic acids is 2. The fourth-order valence-corrected chi connectivity index (χ4v) is 2.39. The summed E-state index contributed by atoms with van der Waals surface area (Å²) >= 11 is 0. The summed E-state index contributed by atoms with van der Waals surface area (Å²) in [4.78, 5) is 26.1. The summed E-state index contributed by atoms with van der Waals surface area (Å²) in [5, 5.41) is 4.34. The van der Waals surface area contributed by atoms with Crippen LogP contribution in [0.2, 0.25) is 0 Å². The molecule has 23 heavy (non-hydrogen) atoms. The molecule has 0 N–H and O–H groups in total. The Bertz CT molecular complexity index is 611. The van der Waals surface area contributed by atoms with Gasteiger partial charge in [0.1, 0.15) is 11.3 Å². The Morgan fingerprint density at radius 2 is 1.96 bits per heavy atom. The first-order valence-electron chi connectivity index (χ1n) is 7.92. The number of nitrogens with zero attached hydrogens (tertiary/aromatic N) is 3. The highest BCUT2D eigenvalue weighted by atomic mass is 16.6. The van der Waals surface area contributed by atoms with Crippen LogP contribution in [-0.4, -0.2) is 38.3 Å². The molecule has 2 amide bonds. The number of imide groups is 1. The number of hydrogen-bond acceptors (Lipinski definition) is 4. The van der Waals surface area contributed by atoms with Gasteiger partial charge in [0.2, 0.25) is 0 Å². The average molecular weight is 321 g/mol. The maximum Gasteiger partial charge on any atom is 0.417 e. The van der Waals surface area contributed by atoms with Crippen molar-refractivity contribution in [2.45, 2.75) is 66.7 Å². The lowest BCUT2D eigenvalue weighted by atomic mass is 10.1. The van der Waals surface area contributed by atoms with Crippen molar-refractivity contribution in [1.29, 1.82) is 0 Å². The lowest BCUT2D eigenvalue weighted by molar-refractivity contribution is 0.0129. The Labute approximate surface area is 138 Å². The highest BCUT2D eigenvalue weighted by Gasteiger charge is 2.39. The van der Waals surface area contributed by atoms with Crippen molar-refractivity contribution < 1.29 is 14.3 Å². The van der Waals surface area contributed by atoms with Crippen LogP contribution in [0.25, 0.3) is 6.08 Å². The van der Waals surface area contributed by atoms with E-state index in [4.69, 9.17) is 4.74 Å². The predicted molar refractivity (Wildman–Crippen MR) is 90.3 cm³/mol. The van der Waals surface area contributed by atoms with Gasteiger partial charge in [-0.15, -0.1) is 0 Å². The highest BCUT2D eigenvalue weighted by Crippen LogP contribution is 2.25. The van der Waals surface area contributed by atoms with E-state index in [2.05, 4.69) is 11.7 Å². The third-order valence-corrected chi connectivity index (χ3v) is 3.31. The number of rotatable bonds is 1. The molecule has 1 unspecified atom stereocenters. The monoisotopic (exact) mass is 321 g/mol. The SMILES string of the molecule is C=Cc1nn2c(c1C)C(=O)N(C(=O)OC(C)(C)C)C(C)C2.CC. The van der Waals surface area contributed by atoms with Gasteiger partial charge in [0.15, 0.2) is 0 Å². The zero-order chi connectivity index (χ0) is 17.9. The molecular weight excluding hydrogens is 294 g/mol. The summed E-state index contributed by atoms with van der Waals surface area (Å²) in [6.07, 6.45) is 0.989. The minimum Gasteiger partial charge on any atom is -0.443 e. The first kappa shape index (κ1) is 18.9. The summed E-state index contributed by atoms with van der Waals surface area (Å²) in [6.45, 7) is 17.1. The van der Waals surface area contributed by atoms with Crippen molar-refractivity contribution in [1.82, 2.24) is 14.7 Å². The van der Waals surface area contributed by atoms with E-state index < -0.39 is 11.7 Å². The van der Waals surface area contributed by atoms with Crippen LogP contribution in [0.15, 0.2) is 6.58 Å². The molecule has 2 rings (SSSR count). The van der Waals surface area contributed by atoms with E-state index in [-0.39, 0.29) is 11.9 Å². The molecule has 0 fully saturated rings. The van der Waals surface area contributed by atoms with E-state index in [1.807, 2.05) is 13.8 Å². The molecule has 6 nitrogen and oxygen atoms in total. The zero-order valence-corrected chi connectivity index (χ0v) is 15.1. The third-order valence-electron chi connectivity index (χ3n) is 3.31. The van der Waals surface area contributed by atoms with Gasteiger partial charge in [0, 0.05) is 5.56 Å². The zero-order valence-electron chi connectivity index (χ0n) is 15.1. The van der Waals surface area contributed by atoms with Crippen LogP contribution in [0.4, 0.5) is 4.79 Å². The Balaban J connectivity index is 0.00000127. The summed E-state index contributed by atoms with van der Waals surface area (Å²) in [5.41, 5.74) is 1.18. The van der Waals surface area contributed by atoms with Crippen molar-refractivity contribution >= 4 is 18.1 Å². The summed E-state index contributed by atoms with van der Waals surface area (Å²) < 4.78 is 6.96. The van der Waals surface area contributed by atoms with Gasteiger partial charge in [0.25, 0.3) is 5.91 Å². The number of fused-ring (bicyclic) bond motifs is 1. The lowest BCUT2D eigenvalue weighted by Crippen LogP contribution is -2.51. The van der Waals surface area contributed by atoms with Gasteiger partial charge in [0.05, 0.1) is 18.3 Å². The smallest absolute Gasteiger partial charge is 0.417 e. The average Bonchev–Trinajstić information content (AvgIpc) is 2.75. The van der Waals surface area contributed by atoms with Gasteiger partial charge < -0.3 is 4.74 Å². The molecule has 1 aromatic heterocycles. The van der Waals surface area contributed by atoms with E-state index in [1.165, 1.54) is 4.90 Å². The van der Waals surface area contributed by atoms with Crippen LogP contribution in [0.5, 0.6) is 0 Å². The lowest BCUT2D eigenvalue weighted by Gasteiger charge is -2.33. The molecule has 1 aliphatic rings. The number of hydrogen-bond donors (Lipinski definition) is 0. The van der Waals surface area contributed by atoms with Gasteiger partial charge in [-0.05, 0) is 40.7 Å². The van der Waals surface area contributed by atoms with Crippen LogP contribution in [0, 0.1) is 6.92 Å². The molecule has 0 radical (unpaired) electrons. The van der Waals surface area contributed by atoms with Gasteiger partial charge >= 0.3 is 6.09 Å². The maximum atomic E-state index is 12.6. The van der Waals surface area contributed by atoms with Crippen LogP contribution in [0.1, 0.15) is 63.3 Å². The van der Waals surface area contributed by atoms with E-state index in [0.29, 0.717) is 17.9 Å². The molecule has 0 bridgehead atoms.